The molecule has 0 aromatic carbocycles. The van der Waals surface area contributed by atoms with Crippen LogP contribution in [0.25, 0.3) is 0 Å². The molecular formula is C5H8N2. The minimum atomic E-state index is -0.560. The van der Waals surface area contributed by atoms with E-state index in [9.17, 15) is 0 Å². The third-order valence-electron chi connectivity index (χ3n) is 0.995. The van der Waals surface area contributed by atoms with Crippen LogP contribution < -0.4 is 5.53 Å². The van der Waals surface area contributed by atoms with E-state index in [1.807, 2.05) is 0 Å². The second-order valence-corrected chi connectivity index (χ2v) is 1.54. The molecule has 7 heavy (non-hydrogen) atoms. The molecule has 0 bridgehead atoms. The van der Waals surface area contributed by atoms with Gasteiger partial charge in [0.15, 0.2) is 0 Å². The number of hydrogen-bond acceptors (Lipinski definition) is 1. The van der Waals surface area contributed by atoms with Gasteiger partial charge in [0.1, 0.15) is 0 Å². The summed E-state index contributed by atoms with van der Waals surface area (Å²) >= 11 is 0. The Bertz CT molecular complexity index is 118. The molecule has 2 radical (unpaired) electrons. The van der Waals surface area contributed by atoms with Gasteiger partial charge in [-0.05, 0) is 31.2 Å². The van der Waals surface area contributed by atoms with Crippen molar-refractivity contribution in [1.82, 2.24) is 5.53 Å². The van der Waals surface area contributed by atoms with Crippen molar-refractivity contribution >= 4 is 0 Å². The Morgan fingerprint density at radius 2 is 2.86 bits per heavy atom. The maximum atomic E-state index is 8.26. The van der Waals surface area contributed by atoms with Crippen molar-refractivity contribution in [3.8, 4) is 0 Å². The van der Waals surface area contributed by atoms with Gasteiger partial charge in [-0.3, -0.25) is 0 Å². The fourth-order valence-electron chi connectivity index (χ4n) is 0.589. The second-order valence-electron chi connectivity index (χ2n) is 1.54. The lowest BCUT2D eigenvalue weighted by atomic mass is 10.3. The molecule has 0 unspecified atom stereocenters. The largest absolute Gasteiger partial charge is 0.164 e. The van der Waals surface area contributed by atoms with E-state index in [0.29, 0.717) is 6.42 Å². The van der Waals surface area contributed by atoms with Gasteiger partial charge < -0.3 is 0 Å². The predicted molar refractivity (Wildman–Crippen MR) is 26.5 cm³/mol. The van der Waals surface area contributed by atoms with Gasteiger partial charge in [-0.1, -0.05) is 0 Å². The first-order chi connectivity index (χ1) is 4.25. The van der Waals surface area contributed by atoms with Gasteiger partial charge in [0.05, 0.1) is 6.04 Å². The van der Waals surface area contributed by atoms with Crippen LogP contribution in [0.15, 0.2) is 5.11 Å². The molecule has 2 heteroatoms. The van der Waals surface area contributed by atoms with E-state index < -0.39 is 12.8 Å². The highest BCUT2D eigenvalue weighted by Crippen LogP contribution is 2.18. The summed E-state index contributed by atoms with van der Waals surface area (Å²) < 4.78 is 14.4. The van der Waals surface area contributed by atoms with Crippen LogP contribution >= 0.6 is 0 Å². The Labute approximate surface area is 46.2 Å². The van der Waals surface area contributed by atoms with Crippen molar-refractivity contribution < 1.29 is 2.74 Å². The second kappa shape index (κ2) is 2.05. The number of hydrogen-bond donors (Lipinski definition) is 0. The Morgan fingerprint density at radius 1 is 2.00 bits per heavy atom. The van der Waals surface area contributed by atoms with E-state index in [2.05, 4.69) is 5.11 Å². The van der Waals surface area contributed by atoms with Crippen molar-refractivity contribution in [3.05, 3.63) is 6.42 Å². The van der Waals surface area contributed by atoms with Crippen LogP contribution in [0.3, 0.4) is 0 Å². The molecule has 38 valence electrons. The highest BCUT2D eigenvalue weighted by Gasteiger charge is 2.12. The van der Waals surface area contributed by atoms with Crippen LogP contribution in [0, 0.1) is 6.42 Å². The molecule has 0 heterocycles. The molecule has 0 N–H and O–H groups in total. The number of rotatable bonds is 1. The zero-order valence-electron chi connectivity index (χ0n) is 5.91. The van der Waals surface area contributed by atoms with E-state index in [-0.39, 0.29) is 6.04 Å². The normalized spacial score (nSPS) is 55.7. The highest BCUT2D eigenvalue weighted by molar-refractivity contribution is 4.83. The summed E-state index contributed by atoms with van der Waals surface area (Å²) in [5, 5.41) is 2.98. The Kier molecular flexibility index (Phi) is 0.820. The summed E-state index contributed by atoms with van der Waals surface area (Å²) in [7, 11) is 0. The first-order valence-corrected chi connectivity index (χ1v) is 2.27. The molecule has 0 spiro atoms. The Balaban J connectivity index is 2.50. The molecule has 1 aliphatic carbocycles. The van der Waals surface area contributed by atoms with Crippen molar-refractivity contribution in [2.75, 3.05) is 0 Å². The van der Waals surface area contributed by atoms with Crippen LogP contribution in [0.4, 0.5) is 0 Å². The molecule has 3 atom stereocenters. The first-order valence-electron chi connectivity index (χ1n) is 3.43. The molecule has 2 nitrogen and oxygen atoms in total. The third kappa shape index (κ3) is 0.981. The average Bonchev–Trinajstić information content (AvgIpc) is 2.15. The van der Waals surface area contributed by atoms with Crippen LogP contribution in [-0.2, 0) is 0 Å². The van der Waals surface area contributed by atoms with Gasteiger partial charge in [-0.15, -0.1) is 0 Å². The lowest BCUT2D eigenvalue weighted by molar-refractivity contribution is 0.679. The first kappa shape index (κ1) is 2.80. The van der Waals surface area contributed by atoms with Crippen LogP contribution in [-0.4, -0.2) is 6.04 Å². The maximum Gasteiger partial charge on any atom is 0.0734 e. The minimum Gasteiger partial charge on any atom is -0.164 e. The van der Waals surface area contributed by atoms with Crippen molar-refractivity contribution in [2.24, 2.45) is 5.11 Å². The summed E-state index contributed by atoms with van der Waals surface area (Å²) in [6, 6.07) is -0.354. The lowest BCUT2D eigenvalue weighted by Crippen LogP contribution is -1.92. The minimum absolute atomic E-state index is 0.354. The van der Waals surface area contributed by atoms with Gasteiger partial charge in [0.25, 0.3) is 0 Å². The molecule has 1 saturated carbocycles. The average molecular weight is 98.1 g/mol. The smallest absolute Gasteiger partial charge is 0.0734 e. The molecule has 0 amide bonds. The van der Waals surface area contributed by atoms with Gasteiger partial charge in [-0.2, -0.15) is 5.11 Å². The molecule has 0 aromatic heterocycles. The topological polar surface area (TPSA) is 34.7 Å². The molecule has 0 aromatic rings. The van der Waals surface area contributed by atoms with E-state index in [4.69, 9.17) is 8.27 Å². The summed E-state index contributed by atoms with van der Waals surface area (Å²) in [6.45, 7) is 0. The molecule has 1 rings (SSSR count). The van der Waals surface area contributed by atoms with E-state index in [0.717, 1.165) is 0 Å². The van der Waals surface area contributed by atoms with E-state index >= 15 is 0 Å². The quantitative estimate of drug-likeness (QED) is 0.438. The summed E-state index contributed by atoms with van der Waals surface area (Å²) in [4.78, 5) is 0. The zero-order valence-corrected chi connectivity index (χ0v) is 3.91. The fourth-order valence-corrected chi connectivity index (χ4v) is 0.589. The standard InChI is InChI=1S/C5H8N2/c6-7-5-3-1-2-4-5/h1,5H,2-4H2/t5-/m1/s1/i2D,4D/t2-,4-,5-. The van der Waals surface area contributed by atoms with Crippen LogP contribution in [0.5, 0.6) is 0 Å². The third-order valence-corrected chi connectivity index (χ3v) is 0.995. The molecule has 1 fully saturated rings. The van der Waals surface area contributed by atoms with Gasteiger partial charge in [0, 0.05) is 2.74 Å². The lowest BCUT2D eigenvalue weighted by Gasteiger charge is -1.91. The fraction of sp³-hybridized carbons (Fsp3) is 0.800. The monoisotopic (exact) mass is 98.1 g/mol. The Hall–Kier alpha value is -0.400. The van der Waals surface area contributed by atoms with Crippen LogP contribution in [0.2, 0.25) is 0 Å². The van der Waals surface area contributed by atoms with Crippen molar-refractivity contribution in [1.29, 1.82) is 0 Å². The van der Waals surface area contributed by atoms with Crippen molar-refractivity contribution in [3.63, 3.8) is 0 Å². The molecule has 0 saturated heterocycles. The van der Waals surface area contributed by atoms with Gasteiger partial charge in [0.2, 0.25) is 0 Å². The van der Waals surface area contributed by atoms with Crippen molar-refractivity contribution in [2.45, 2.75) is 25.3 Å². The summed E-state index contributed by atoms with van der Waals surface area (Å²) in [6.07, 6.45) is 1.24. The maximum absolute atomic E-state index is 8.26. The molecular weight excluding hydrogens is 88.1 g/mol. The summed E-state index contributed by atoms with van der Waals surface area (Å²) in [5.74, 6) is 0. The molecule has 0 aliphatic heterocycles. The van der Waals surface area contributed by atoms with Crippen LogP contribution in [0.1, 0.15) is 22.0 Å². The zero-order chi connectivity index (χ0) is 6.85. The van der Waals surface area contributed by atoms with E-state index in [1.165, 1.54) is 0 Å². The van der Waals surface area contributed by atoms with E-state index in [1.54, 1.807) is 6.42 Å². The molecule has 1 aliphatic rings. The number of nitrogens with zero attached hydrogens (tertiary/aromatic N) is 2. The Morgan fingerprint density at radius 3 is 3.14 bits per heavy atom. The SMILES string of the molecule is [2H][C@@H]1[C@H]([2H])[CH]C[C@H]1N=[N]. The highest BCUT2D eigenvalue weighted by atomic mass is 15.0. The predicted octanol–water partition coefficient (Wildman–Crippen LogP) is 0.995. The van der Waals surface area contributed by atoms with Gasteiger partial charge in [-0.25, -0.2) is 0 Å². The summed E-state index contributed by atoms with van der Waals surface area (Å²) in [5.41, 5.74) is 8.26. The van der Waals surface area contributed by atoms with Gasteiger partial charge >= 0.3 is 0 Å².